The zero-order valence-electron chi connectivity index (χ0n) is 10.5. The SMILES string of the molecule is CC(N)CCNC(=O)CC1CCCCCC1. The topological polar surface area (TPSA) is 55.1 Å². The van der Waals surface area contributed by atoms with Crippen LogP contribution in [-0.4, -0.2) is 18.5 Å². The summed E-state index contributed by atoms with van der Waals surface area (Å²) in [7, 11) is 0. The van der Waals surface area contributed by atoms with Crippen molar-refractivity contribution in [2.24, 2.45) is 11.7 Å². The van der Waals surface area contributed by atoms with Gasteiger partial charge in [0.25, 0.3) is 0 Å². The zero-order valence-corrected chi connectivity index (χ0v) is 10.5. The van der Waals surface area contributed by atoms with Crippen LogP contribution in [0.2, 0.25) is 0 Å². The van der Waals surface area contributed by atoms with Gasteiger partial charge < -0.3 is 11.1 Å². The fourth-order valence-electron chi connectivity index (χ4n) is 2.34. The Morgan fingerprint density at radius 3 is 2.50 bits per heavy atom. The van der Waals surface area contributed by atoms with Crippen molar-refractivity contribution >= 4 is 5.91 Å². The maximum absolute atomic E-state index is 11.7. The van der Waals surface area contributed by atoms with Gasteiger partial charge in [-0.1, -0.05) is 25.7 Å². The Morgan fingerprint density at radius 2 is 1.94 bits per heavy atom. The molecule has 1 rings (SSSR count). The fraction of sp³-hybridized carbons (Fsp3) is 0.923. The van der Waals surface area contributed by atoms with Gasteiger partial charge in [-0.2, -0.15) is 0 Å². The van der Waals surface area contributed by atoms with E-state index in [1.165, 1.54) is 38.5 Å². The Morgan fingerprint density at radius 1 is 1.31 bits per heavy atom. The number of rotatable bonds is 5. The number of hydrogen-bond acceptors (Lipinski definition) is 2. The second-order valence-corrected chi connectivity index (χ2v) is 5.18. The molecule has 0 bridgehead atoms. The van der Waals surface area contributed by atoms with Crippen LogP contribution in [0, 0.1) is 5.92 Å². The first kappa shape index (κ1) is 13.5. The molecule has 1 saturated carbocycles. The molecule has 0 aliphatic heterocycles. The van der Waals surface area contributed by atoms with Crippen molar-refractivity contribution in [2.45, 2.75) is 64.3 Å². The number of nitrogens with one attached hydrogen (secondary N) is 1. The van der Waals surface area contributed by atoms with Gasteiger partial charge in [0.1, 0.15) is 0 Å². The third kappa shape index (κ3) is 6.11. The molecule has 0 radical (unpaired) electrons. The van der Waals surface area contributed by atoms with E-state index in [0.29, 0.717) is 5.92 Å². The van der Waals surface area contributed by atoms with Gasteiger partial charge >= 0.3 is 0 Å². The van der Waals surface area contributed by atoms with Crippen LogP contribution < -0.4 is 11.1 Å². The predicted octanol–water partition coefficient (Wildman–Crippen LogP) is 2.20. The lowest BCUT2D eigenvalue weighted by Crippen LogP contribution is -2.30. The molecule has 3 N–H and O–H groups in total. The lowest BCUT2D eigenvalue weighted by molar-refractivity contribution is -0.122. The van der Waals surface area contributed by atoms with E-state index in [9.17, 15) is 4.79 Å². The van der Waals surface area contributed by atoms with E-state index >= 15 is 0 Å². The molecule has 1 atom stereocenters. The summed E-state index contributed by atoms with van der Waals surface area (Å²) in [6.45, 7) is 2.70. The summed E-state index contributed by atoms with van der Waals surface area (Å²) < 4.78 is 0. The molecule has 3 heteroatoms. The molecule has 1 fully saturated rings. The van der Waals surface area contributed by atoms with Gasteiger partial charge in [-0.3, -0.25) is 4.79 Å². The van der Waals surface area contributed by atoms with E-state index in [0.717, 1.165) is 19.4 Å². The van der Waals surface area contributed by atoms with Gasteiger partial charge in [-0.05, 0) is 32.1 Å². The molecule has 1 unspecified atom stereocenters. The number of carbonyl (C=O) groups excluding carboxylic acids is 1. The third-order valence-electron chi connectivity index (χ3n) is 3.37. The van der Waals surface area contributed by atoms with E-state index in [2.05, 4.69) is 5.32 Å². The maximum Gasteiger partial charge on any atom is 0.220 e. The number of nitrogens with two attached hydrogens (primary N) is 1. The molecular formula is C13H26N2O. The van der Waals surface area contributed by atoms with Crippen LogP contribution in [0.15, 0.2) is 0 Å². The van der Waals surface area contributed by atoms with Crippen molar-refractivity contribution in [3.63, 3.8) is 0 Å². The molecule has 0 spiro atoms. The summed E-state index contributed by atoms with van der Waals surface area (Å²) in [5.74, 6) is 0.838. The minimum Gasteiger partial charge on any atom is -0.356 e. The van der Waals surface area contributed by atoms with Crippen molar-refractivity contribution in [1.29, 1.82) is 0 Å². The van der Waals surface area contributed by atoms with Crippen LogP contribution in [0.5, 0.6) is 0 Å². The Bertz CT molecular complexity index is 196. The highest BCUT2D eigenvalue weighted by atomic mass is 16.1. The van der Waals surface area contributed by atoms with Crippen LogP contribution in [0.4, 0.5) is 0 Å². The summed E-state index contributed by atoms with van der Waals surface area (Å²) in [5, 5.41) is 2.96. The van der Waals surface area contributed by atoms with Crippen LogP contribution in [0.1, 0.15) is 58.3 Å². The van der Waals surface area contributed by atoms with Crippen LogP contribution in [0.25, 0.3) is 0 Å². The highest BCUT2D eigenvalue weighted by Crippen LogP contribution is 2.25. The maximum atomic E-state index is 11.7. The third-order valence-corrected chi connectivity index (χ3v) is 3.37. The van der Waals surface area contributed by atoms with Crippen LogP contribution in [-0.2, 0) is 4.79 Å². The number of amides is 1. The predicted molar refractivity (Wildman–Crippen MR) is 67.1 cm³/mol. The van der Waals surface area contributed by atoms with Crippen molar-refractivity contribution < 1.29 is 4.79 Å². The standard InChI is InChI=1S/C13H26N2O/c1-11(14)8-9-15-13(16)10-12-6-4-2-3-5-7-12/h11-12H,2-10,14H2,1H3,(H,15,16). The van der Waals surface area contributed by atoms with Gasteiger partial charge in [0, 0.05) is 19.0 Å². The largest absolute Gasteiger partial charge is 0.356 e. The minimum absolute atomic E-state index is 0.179. The second-order valence-electron chi connectivity index (χ2n) is 5.18. The molecule has 1 amide bonds. The van der Waals surface area contributed by atoms with E-state index in [1.54, 1.807) is 0 Å². The van der Waals surface area contributed by atoms with E-state index in [-0.39, 0.29) is 11.9 Å². The zero-order chi connectivity index (χ0) is 11.8. The smallest absolute Gasteiger partial charge is 0.220 e. The molecule has 0 aromatic rings. The monoisotopic (exact) mass is 226 g/mol. The molecule has 0 heterocycles. The van der Waals surface area contributed by atoms with Crippen molar-refractivity contribution in [3.8, 4) is 0 Å². The van der Waals surface area contributed by atoms with Gasteiger partial charge in [0.15, 0.2) is 0 Å². The second kappa shape index (κ2) is 7.66. The Labute approximate surface area is 99.2 Å². The number of hydrogen-bond donors (Lipinski definition) is 2. The van der Waals surface area contributed by atoms with Crippen LogP contribution in [0.3, 0.4) is 0 Å². The highest BCUT2D eigenvalue weighted by molar-refractivity contribution is 5.76. The van der Waals surface area contributed by atoms with Gasteiger partial charge in [-0.15, -0.1) is 0 Å². The lowest BCUT2D eigenvalue weighted by atomic mass is 9.96. The first-order chi connectivity index (χ1) is 7.68. The molecule has 16 heavy (non-hydrogen) atoms. The van der Waals surface area contributed by atoms with E-state index in [1.807, 2.05) is 6.92 Å². The molecular weight excluding hydrogens is 200 g/mol. The average molecular weight is 226 g/mol. The van der Waals surface area contributed by atoms with Crippen molar-refractivity contribution in [2.75, 3.05) is 6.54 Å². The Balaban J connectivity index is 2.12. The molecule has 1 aliphatic rings. The summed E-state index contributed by atoms with van der Waals surface area (Å²) in [6, 6.07) is 0.179. The van der Waals surface area contributed by atoms with Crippen molar-refractivity contribution in [3.05, 3.63) is 0 Å². The molecule has 1 aliphatic carbocycles. The van der Waals surface area contributed by atoms with Gasteiger partial charge in [0.05, 0.1) is 0 Å². The molecule has 0 aromatic carbocycles. The van der Waals surface area contributed by atoms with Gasteiger partial charge in [0.2, 0.25) is 5.91 Å². The molecule has 0 saturated heterocycles. The van der Waals surface area contributed by atoms with E-state index < -0.39 is 0 Å². The minimum atomic E-state index is 0.179. The summed E-state index contributed by atoms with van der Waals surface area (Å²) >= 11 is 0. The quantitative estimate of drug-likeness (QED) is 0.706. The number of carbonyl (C=O) groups is 1. The Kier molecular flexibility index (Phi) is 6.46. The first-order valence-corrected chi connectivity index (χ1v) is 6.70. The summed E-state index contributed by atoms with van der Waals surface area (Å²) in [4.78, 5) is 11.7. The Hall–Kier alpha value is -0.570. The van der Waals surface area contributed by atoms with Crippen molar-refractivity contribution in [1.82, 2.24) is 5.32 Å². The molecule has 3 nitrogen and oxygen atoms in total. The first-order valence-electron chi connectivity index (χ1n) is 6.70. The lowest BCUT2D eigenvalue weighted by Gasteiger charge is -2.14. The summed E-state index contributed by atoms with van der Waals surface area (Å²) in [6.07, 6.45) is 9.37. The molecule has 94 valence electrons. The normalized spacial score (nSPS) is 20.1. The average Bonchev–Trinajstić information content (AvgIpc) is 2.45. The van der Waals surface area contributed by atoms with Gasteiger partial charge in [-0.25, -0.2) is 0 Å². The molecule has 0 aromatic heterocycles. The fourth-order valence-corrected chi connectivity index (χ4v) is 2.34. The van der Waals surface area contributed by atoms with Crippen LogP contribution >= 0.6 is 0 Å². The summed E-state index contributed by atoms with van der Waals surface area (Å²) in [5.41, 5.74) is 5.63. The highest BCUT2D eigenvalue weighted by Gasteiger charge is 2.15. The van der Waals surface area contributed by atoms with E-state index in [4.69, 9.17) is 5.73 Å².